The molecule has 0 aliphatic rings. The van der Waals surface area contributed by atoms with Crippen molar-refractivity contribution in [2.45, 2.75) is 83.0 Å². The van der Waals surface area contributed by atoms with Crippen LogP contribution in [0, 0.1) is 0 Å². The number of aliphatic carboxylic acids is 1. The van der Waals surface area contributed by atoms with Crippen LogP contribution in [0.15, 0.2) is 24.3 Å². The minimum atomic E-state index is -1.18. The molecule has 0 amide bonds. The summed E-state index contributed by atoms with van der Waals surface area (Å²) in [6, 6.07) is 0. The number of unbranched alkanes of at least 4 members (excludes halogenated alkanes) is 5. The lowest BCUT2D eigenvalue weighted by Gasteiger charge is -2.19. The third-order valence-electron chi connectivity index (χ3n) is 3.62. The lowest BCUT2D eigenvalue weighted by molar-refractivity contribution is -0.137. The average Bonchev–Trinajstić information content (AvgIpc) is 2.52. The van der Waals surface area contributed by atoms with Gasteiger partial charge in [0.25, 0.3) is 0 Å². The van der Waals surface area contributed by atoms with Gasteiger partial charge in [0, 0.05) is 6.42 Å². The molecule has 0 aromatic rings. The summed E-state index contributed by atoms with van der Waals surface area (Å²) in [5, 5.41) is 37.8. The van der Waals surface area contributed by atoms with Crippen molar-refractivity contribution in [3.63, 3.8) is 0 Å². The van der Waals surface area contributed by atoms with Gasteiger partial charge < -0.3 is 20.4 Å². The zero-order valence-corrected chi connectivity index (χ0v) is 14.1. The van der Waals surface area contributed by atoms with Gasteiger partial charge in [-0.15, -0.1) is 0 Å². The van der Waals surface area contributed by atoms with Gasteiger partial charge in [0.1, 0.15) is 12.2 Å². The molecule has 0 saturated carbocycles. The number of rotatable bonds is 14. The maximum absolute atomic E-state index is 10.3. The fraction of sp³-hybridized carbons (Fsp3) is 0.722. The van der Waals surface area contributed by atoms with E-state index in [4.69, 9.17) is 5.11 Å². The van der Waals surface area contributed by atoms with Crippen LogP contribution in [0.25, 0.3) is 0 Å². The summed E-state index contributed by atoms with van der Waals surface area (Å²) in [6.07, 6.45) is 10.7. The number of carboxylic acids is 1. The van der Waals surface area contributed by atoms with Gasteiger partial charge in [-0.3, -0.25) is 4.79 Å². The van der Waals surface area contributed by atoms with Gasteiger partial charge in [-0.25, -0.2) is 0 Å². The standard InChI is InChI=1S/C18H32O5/c1-2-3-9-12-15(19)18(23)16(20)13-10-7-5-4-6-8-11-14-17(21)22/h3,9-10,13,15-16,18-20,23H,2,4-8,11-12,14H2,1H3,(H,21,22)/b9-3-,13-10-/t15-,16+,18-/m0/s1. The van der Waals surface area contributed by atoms with Crippen LogP contribution in [-0.4, -0.2) is 44.7 Å². The van der Waals surface area contributed by atoms with Crippen molar-refractivity contribution in [3.05, 3.63) is 24.3 Å². The van der Waals surface area contributed by atoms with E-state index in [1.165, 1.54) is 6.08 Å². The van der Waals surface area contributed by atoms with Gasteiger partial charge in [-0.1, -0.05) is 50.5 Å². The molecule has 134 valence electrons. The fourth-order valence-corrected chi connectivity index (χ4v) is 2.19. The highest BCUT2D eigenvalue weighted by atomic mass is 16.4. The monoisotopic (exact) mass is 328 g/mol. The molecule has 0 fully saturated rings. The first-order chi connectivity index (χ1) is 11.0. The van der Waals surface area contributed by atoms with E-state index in [0.717, 1.165) is 44.9 Å². The lowest BCUT2D eigenvalue weighted by atomic mass is 10.0. The maximum Gasteiger partial charge on any atom is 0.303 e. The van der Waals surface area contributed by atoms with Crippen LogP contribution in [0.4, 0.5) is 0 Å². The van der Waals surface area contributed by atoms with Gasteiger partial charge >= 0.3 is 5.97 Å². The van der Waals surface area contributed by atoms with E-state index in [1.54, 1.807) is 6.08 Å². The van der Waals surface area contributed by atoms with Crippen molar-refractivity contribution in [2.75, 3.05) is 0 Å². The Balaban J connectivity index is 3.72. The van der Waals surface area contributed by atoms with Crippen molar-refractivity contribution in [2.24, 2.45) is 0 Å². The van der Waals surface area contributed by atoms with Crippen LogP contribution in [0.2, 0.25) is 0 Å². The van der Waals surface area contributed by atoms with Gasteiger partial charge in [-0.05, 0) is 32.1 Å². The quantitative estimate of drug-likeness (QED) is 0.290. The predicted octanol–water partition coefficient (Wildman–Crippen LogP) is 2.80. The number of carbonyl (C=O) groups is 1. The number of hydrogen-bond acceptors (Lipinski definition) is 4. The van der Waals surface area contributed by atoms with E-state index < -0.39 is 24.3 Å². The highest BCUT2D eigenvalue weighted by Gasteiger charge is 2.21. The van der Waals surface area contributed by atoms with Crippen LogP contribution in [0.3, 0.4) is 0 Å². The van der Waals surface area contributed by atoms with E-state index in [9.17, 15) is 20.1 Å². The molecule has 4 N–H and O–H groups in total. The first kappa shape index (κ1) is 21.8. The Hall–Kier alpha value is -1.17. The summed E-state index contributed by atoms with van der Waals surface area (Å²) in [7, 11) is 0. The first-order valence-electron chi connectivity index (χ1n) is 8.56. The molecule has 3 atom stereocenters. The third-order valence-corrected chi connectivity index (χ3v) is 3.62. The maximum atomic E-state index is 10.3. The summed E-state index contributed by atoms with van der Waals surface area (Å²) in [5.41, 5.74) is 0. The summed E-state index contributed by atoms with van der Waals surface area (Å²) in [6.45, 7) is 1.99. The Bertz CT molecular complexity index is 351. The van der Waals surface area contributed by atoms with Gasteiger partial charge in [0.2, 0.25) is 0 Å². The second-order valence-electron chi connectivity index (χ2n) is 5.79. The van der Waals surface area contributed by atoms with E-state index in [-0.39, 0.29) is 6.42 Å². The van der Waals surface area contributed by atoms with Crippen LogP contribution in [-0.2, 0) is 4.79 Å². The summed E-state index contributed by atoms with van der Waals surface area (Å²) < 4.78 is 0. The zero-order valence-electron chi connectivity index (χ0n) is 14.1. The largest absolute Gasteiger partial charge is 0.481 e. The molecule has 0 bridgehead atoms. The molecule has 0 saturated heterocycles. The van der Waals surface area contributed by atoms with Crippen molar-refractivity contribution in [1.82, 2.24) is 0 Å². The number of aliphatic hydroxyl groups excluding tert-OH is 3. The molecule has 0 rings (SSSR count). The smallest absolute Gasteiger partial charge is 0.303 e. The summed E-state index contributed by atoms with van der Waals surface area (Å²) in [4.78, 5) is 10.3. The van der Waals surface area contributed by atoms with Crippen molar-refractivity contribution in [1.29, 1.82) is 0 Å². The molecule has 0 aromatic carbocycles. The molecule has 0 spiro atoms. The normalized spacial score (nSPS) is 16.0. The molecular weight excluding hydrogens is 296 g/mol. The van der Waals surface area contributed by atoms with E-state index >= 15 is 0 Å². The van der Waals surface area contributed by atoms with E-state index in [2.05, 4.69) is 0 Å². The molecule has 0 aliphatic heterocycles. The van der Waals surface area contributed by atoms with E-state index in [1.807, 2.05) is 19.1 Å². The second kappa shape index (κ2) is 14.4. The molecular formula is C18H32O5. The van der Waals surface area contributed by atoms with Gasteiger partial charge in [0.15, 0.2) is 0 Å². The van der Waals surface area contributed by atoms with Crippen molar-refractivity contribution >= 4 is 5.97 Å². The molecule has 0 unspecified atom stereocenters. The Morgan fingerprint density at radius 3 is 2.26 bits per heavy atom. The van der Waals surface area contributed by atoms with Crippen LogP contribution in [0.1, 0.15) is 64.7 Å². The topological polar surface area (TPSA) is 98.0 Å². The Morgan fingerprint density at radius 1 is 0.957 bits per heavy atom. The minimum absolute atomic E-state index is 0.236. The predicted molar refractivity (Wildman–Crippen MR) is 91.2 cm³/mol. The molecule has 0 radical (unpaired) electrons. The number of aliphatic hydroxyl groups is 3. The number of allylic oxidation sites excluding steroid dienone is 2. The summed E-state index contributed by atoms with van der Waals surface area (Å²) in [5.74, 6) is -0.743. The Kier molecular flexibility index (Phi) is 13.7. The van der Waals surface area contributed by atoms with Crippen LogP contribution >= 0.6 is 0 Å². The first-order valence-corrected chi connectivity index (χ1v) is 8.56. The lowest BCUT2D eigenvalue weighted by Crippen LogP contribution is -2.35. The minimum Gasteiger partial charge on any atom is -0.481 e. The fourth-order valence-electron chi connectivity index (χ4n) is 2.19. The van der Waals surface area contributed by atoms with E-state index in [0.29, 0.717) is 6.42 Å². The van der Waals surface area contributed by atoms with Crippen LogP contribution < -0.4 is 0 Å². The Labute approximate surface area is 139 Å². The molecule has 0 heterocycles. The van der Waals surface area contributed by atoms with Crippen molar-refractivity contribution < 1.29 is 25.2 Å². The molecule has 5 heteroatoms. The SMILES string of the molecule is CC/C=C\C[C@H](O)[C@H](O)[C@H](O)/C=C\CCCCCCCC(=O)O. The van der Waals surface area contributed by atoms with Gasteiger partial charge in [0.05, 0.1) is 6.10 Å². The number of hydrogen-bond donors (Lipinski definition) is 4. The second-order valence-corrected chi connectivity index (χ2v) is 5.79. The Morgan fingerprint density at radius 2 is 1.61 bits per heavy atom. The number of carboxylic acid groups (broad SMARTS) is 1. The molecule has 0 aliphatic carbocycles. The van der Waals surface area contributed by atoms with Crippen molar-refractivity contribution in [3.8, 4) is 0 Å². The highest BCUT2D eigenvalue weighted by molar-refractivity contribution is 5.66. The zero-order chi connectivity index (χ0) is 17.5. The third kappa shape index (κ3) is 13.0. The summed E-state index contributed by atoms with van der Waals surface area (Å²) >= 11 is 0. The van der Waals surface area contributed by atoms with Gasteiger partial charge in [-0.2, -0.15) is 0 Å². The highest BCUT2D eigenvalue weighted by Crippen LogP contribution is 2.10. The molecule has 0 aromatic heterocycles. The molecule has 5 nitrogen and oxygen atoms in total. The average molecular weight is 328 g/mol. The van der Waals surface area contributed by atoms with Crippen LogP contribution in [0.5, 0.6) is 0 Å². The molecule has 23 heavy (non-hydrogen) atoms.